The van der Waals surface area contributed by atoms with E-state index in [0.717, 1.165) is 15.5 Å². The number of hydrogen-bond acceptors (Lipinski definition) is 2. The summed E-state index contributed by atoms with van der Waals surface area (Å²) in [6.45, 7) is -0.0625. The molecule has 1 aromatic carbocycles. The van der Waals surface area contributed by atoms with Crippen LogP contribution < -0.4 is 0 Å². The number of halogens is 1. The Kier molecular flexibility index (Phi) is 2.25. The van der Waals surface area contributed by atoms with Crippen LogP contribution in [0.15, 0.2) is 29.0 Å². The third-order valence-electron chi connectivity index (χ3n) is 1.91. The summed E-state index contributed by atoms with van der Waals surface area (Å²) < 4.78 is 2.47. The van der Waals surface area contributed by atoms with Crippen molar-refractivity contribution in [1.82, 2.24) is 9.55 Å². The number of para-hydroxylation sites is 1. The number of carboxylic acid groups (broad SMARTS) is 1. The molecule has 1 aromatic heterocycles. The zero-order valence-electron chi connectivity index (χ0n) is 7.14. The number of benzene rings is 1. The van der Waals surface area contributed by atoms with E-state index in [1.54, 1.807) is 4.57 Å². The third-order valence-corrected chi connectivity index (χ3v) is 2.55. The van der Waals surface area contributed by atoms with E-state index in [0.29, 0.717) is 0 Å². The molecule has 0 fully saturated rings. The Morgan fingerprint density at radius 3 is 3.07 bits per heavy atom. The van der Waals surface area contributed by atoms with Gasteiger partial charge in [-0.15, -0.1) is 0 Å². The van der Waals surface area contributed by atoms with Gasteiger partial charge in [-0.3, -0.25) is 4.79 Å². The molecule has 1 N–H and O–H groups in total. The first kappa shape index (κ1) is 9.21. The molecule has 0 saturated carbocycles. The molecule has 0 atom stereocenters. The largest absolute Gasteiger partial charge is 0.480 e. The molecule has 14 heavy (non-hydrogen) atoms. The lowest BCUT2D eigenvalue weighted by Gasteiger charge is -1.99. The first-order valence-corrected chi connectivity index (χ1v) is 4.79. The molecule has 0 saturated heterocycles. The van der Waals surface area contributed by atoms with Crippen molar-refractivity contribution in [1.29, 1.82) is 0 Å². The number of carbonyl (C=O) groups is 1. The van der Waals surface area contributed by atoms with Crippen molar-refractivity contribution < 1.29 is 9.90 Å². The van der Waals surface area contributed by atoms with Crippen molar-refractivity contribution in [2.45, 2.75) is 6.54 Å². The zero-order chi connectivity index (χ0) is 10.1. The van der Waals surface area contributed by atoms with Crippen molar-refractivity contribution >= 4 is 32.9 Å². The van der Waals surface area contributed by atoms with Crippen LogP contribution in [0.3, 0.4) is 0 Å². The van der Waals surface area contributed by atoms with Crippen LogP contribution in [0.4, 0.5) is 0 Å². The second-order valence-electron chi connectivity index (χ2n) is 2.87. The summed E-state index contributed by atoms with van der Waals surface area (Å²) in [6.07, 6.45) is 1.53. The number of rotatable bonds is 2. The number of carboxylic acids is 1. The van der Waals surface area contributed by atoms with Gasteiger partial charge >= 0.3 is 5.97 Å². The Bertz CT molecular complexity index is 493. The Morgan fingerprint density at radius 1 is 1.57 bits per heavy atom. The summed E-state index contributed by atoms with van der Waals surface area (Å²) in [5.74, 6) is -0.871. The third kappa shape index (κ3) is 1.50. The van der Waals surface area contributed by atoms with E-state index in [1.807, 2.05) is 18.2 Å². The van der Waals surface area contributed by atoms with Gasteiger partial charge in [0, 0.05) is 4.47 Å². The van der Waals surface area contributed by atoms with Gasteiger partial charge in [-0.05, 0) is 28.1 Å². The van der Waals surface area contributed by atoms with Gasteiger partial charge in [0.25, 0.3) is 0 Å². The Labute approximate surface area is 88.3 Å². The zero-order valence-corrected chi connectivity index (χ0v) is 8.73. The standard InChI is InChI=1S/C9H7BrN2O2/c10-6-2-1-3-7-9(6)11-5-12(7)4-8(13)14/h1-3,5H,4H2,(H,13,14). The normalized spacial score (nSPS) is 10.6. The second kappa shape index (κ2) is 3.42. The molecule has 0 aliphatic carbocycles. The van der Waals surface area contributed by atoms with Crippen molar-refractivity contribution in [2.75, 3.05) is 0 Å². The number of aliphatic carboxylic acids is 1. The molecule has 5 heteroatoms. The van der Waals surface area contributed by atoms with Crippen LogP contribution in [0.25, 0.3) is 11.0 Å². The average Bonchev–Trinajstić information content (AvgIpc) is 2.49. The highest BCUT2D eigenvalue weighted by atomic mass is 79.9. The molecule has 0 unspecified atom stereocenters. The van der Waals surface area contributed by atoms with Crippen LogP contribution >= 0.6 is 15.9 Å². The van der Waals surface area contributed by atoms with Gasteiger partial charge in [0.05, 0.1) is 11.8 Å². The Morgan fingerprint density at radius 2 is 2.36 bits per heavy atom. The fourth-order valence-electron chi connectivity index (χ4n) is 1.32. The van der Waals surface area contributed by atoms with Crippen LogP contribution in [0.1, 0.15) is 0 Å². The van der Waals surface area contributed by atoms with Gasteiger partial charge in [-0.2, -0.15) is 0 Å². The number of nitrogens with zero attached hydrogens (tertiary/aromatic N) is 2. The lowest BCUT2D eigenvalue weighted by Crippen LogP contribution is -2.07. The predicted molar refractivity (Wildman–Crippen MR) is 55.1 cm³/mol. The molecule has 4 nitrogen and oxygen atoms in total. The smallest absolute Gasteiger partial charge is 0.323 e. The van der Waals surface area contributed by atoms with Crippen LogP contribution in [0, 0.1) is 0 Å². The fourth-order valence-corrected chi connectivity index (χ4v) is 1.78. The molecular formula is C9H7BrN2O2. The van der Waals surface area contributed by atoms with E-state index in [4.69, 9.17) is 5.11 Å². The lowest BCUT2D eigenvalue weighted by atomic mass is 10.3. The van der Waals surface area contributed by atoms with Gasteiger partial charge in [0.2, 0.25) is 0 Å². The summed E-state index contributed by atoms with van der Waals surface area (Å²) in [7, 11) is 0. The second-order valence-corrected chi connectivity index (χ2v) is 3.73. The summed E-state index contributed by atoms with van der Waals surface area (Å²) in [5.41, 5.74) is 1.61. The molecule has 0 aliphatic rings. The summed E-state index contributed by atoms with van der Waals surface area (Å²) in [6, 6.07) is 5.57. The van der Waals surface area contributed by atoms with Crippen molar-refractivity contribution in [3.63, 3.8) is 0 Å². The number of imidazole rings is 1. The maximum Gasteiger partial charge on any atom is 0.323 e. The van der Waals surface area contributed by atoms with Crippen LogP contribution in [-0.4, -0.2) is 20.6 Å². The highest BCUT2D eigenvalue weighted by molar-refractivity contribution is 9.10. The molecule has 2 aromatic rings. The molecule has 2 rings (SSSR count). The first-order chi connectivity index (χ1) is 6.68. The van der Waals surface area contributed by atoms with Gasteiger partial charge in [0.1, 0.15) is 12.1 Å². The van der Waals surface area contributed by atoms with E-state index in [-0.39, 0.29) is 6.54 Å². The van der Waals surface area contributed by atoms with Gasteiger partial charge in [0.15, 0.2) is 0 Å². The molecule has 0 radical (unpaired) electrons. The SMILES string of the molecule is O=C(O)Cn1cnc2c(Br)cccc21. The predicted octanol–water partition coefficient (Wildman–Crippen LogP) is 1.88. The van der Waals surface area contributed by atoms with E-state index in [2.05, 4.69) is 20.9 Å². The molecule has 0 spiro atoms. The van der Waals surface area contributed by atoms with Crippen LogP contribution in [0.2, 0.25) is 0 Å². The monoisotopic (exact) mass is 254 g/mol. The van der Waals surface area contributed by atoms with Gasteiger partial charge in [-0.1, -0.05) is 6.07 Å². The first-order valence-electron chi connectivity index (χ1n) is 3.99. The van der Waals surface area contributed by atoms with Crippen molar-refractivity contribution in [2.24, 2.45) is 0 Å². The minimum absolute atomic E-state index is 0.0625. The minimum Gasteiger partial charge on any atom is -0.480 e. The van der Waals surface area contributed by atoms with Gasteiger partial charge < -0.3 is 9.67 Å². The summed E-state index contributed by atoms with van der Waals surface area (Å²) in [4.78, 5) is 14.7. The fraction of sp³-hybridized carbons (Fsp3) is 0.111. The molecule has 0 bridgehead atoms. The number of fused-ring (bicyclic) bond motifs is 1. The van der Waals surface area contributed by atoms with E-state index >= 15 is 0 Å². The van der Waals surface area contributed by atoms with E-state index in [9.17, 15) is 4.79 Å². The molecule has 72 valence electrons. The molecule has 0 amide bonds. The highest BCUT2D eigenvalue weighted by Gasteiger charge is 2.07. The molecule has 1 heterocycles. The quantitative estimate of drug-likeness (QED) is 0.891. The Hall–Kier alpha value is -1.36. The maximum absolute atomic E-state index is 10.5. The Balaban J connectivity index is 2.58. The molecular weight excluding hydrogens is 248 g/mol. The van der Waals surface area contributed by atoms with Crippen LogP contribution in [0.5, 0.6) is 0 Å². The van der Waals surface area contributed by atoms with Gasteiger partial charge in [-0.25, -0.2) is 4.98 Å². The minimum atomic E-state index is -0.871. The summed E-state index contributed by atoms with van der Waals surface area (Å²) >= 11 is 3.35. The van der Waals surface area contributed by atoms with Crippen molar-refractivity contribution in [3.8, 4) is 0 Å². The van der Waals surface area contributed by atoms with Crippen LogP contribution in [-0.2, 0) is 11.3 Å². The highest BCUT2D eigenvalue weighted by Crippen LogP contribution is 2.21. The number of aromatic nitrogens is 2. The lowest BCUT2D eigenvalue weighted by molar-refractivity contribution is -0.137. The van der Waals surface area contributed by atoms with E-state index in [1.165, 1.54) is 6.33 Å². The van der Waals surface area contributed by atoms with Crippen molar-refractivity contribution in [3.05, 3.63) is 29.0 Å². The average molecular weight is 255 g/mol. The summed E-state index contributed by atoms with van der Waals surface area (Å²) in [5, 5.41) is 8.65. The maximum atomic E-state index is 10.5. The topological polar surface area (TPSA) is 55.1 Å². The number of hydrogen-bond donors (Lipinski definition) is 1. The van der Waals surface area contributed by atoms with E-state index < -0.39 is 5.97 Å². The molecule has 0 aliphatic heterocycles.